The van der Waals surface area contributed by atoms with E-state index in [1.54, 1.807) is 18.0 Å². The van der Waals surface area contributed by atoms with Crippen LogP contribution in [0.2, 0.25) is 0 Å². The van der Waals surface area contributed by atoms with E-state index in [1.807, 2.05) is 48.5 Å². The topological polar surface area (TPSA) is 52.3 Å². The Kier molecular flexibility index (Phi) is 2.57. The Hall–Kier alpha value is -2.95. The smallest absolute Gasteiger partial charge is 0.182 e. The third-order valence-corrected chi connectivity index (χ3v) is 3.41. The highest BCUT2D eigenvalue weighted by molar-refractivity contribution is 5.91. The summed E-state index contributed by atoms with van der Waals surface area (Å²) in [5, 5.41) is 5.48. The predicted octanol–water partition coefficient (Wildman–Crippen LogP) is 2.95. The average molecular weight is 276 g/mol. The molecule has 0 spiro atoms. The van der Waals surface area contributed by atoms with Crippen molar-refractivity contribution in [3.05, 3.63) is 54.9 Å². The summed E-state index contributed by atoms with van der Waals surface area (Å²) in [6.07, 6.45) is 1.69. The lowest BCUT2D eigenvalue weighted by Crippen LogP contribution is -1.90. The Bertz CT molecular complexity index is 945. The van der Waals surface area contributed by atoms with Crippen LogP contribution >= 0.6 is 0 Å². The molecule has 5 heteroatoms. The van der Waals surface area contributed by atoms with Gasteiger partial charge in [0.05, 0.1) is 12.6 Å². The molecule has 0 unspecified atom stereocenters. The van der Waals surface area contributed by atoms with Gasteiger partial charge < -0.3 is 4.74 Å². The summed E-state index contributed by atoms with van der Waals surface area (Å²) in [6.45, 7) is 0. The normalized spacial score (nSPS) is 11.1. The van der Waals surface area contributed by atoms with Crippen LogP contribution in [0.25, 0.3) is 27.9 Å². The van der Waals surface area contributed by atoms with Crippen LogP contribution in [-0.4, -0.2) is 26.7 Å². The highest BCUT2D eigenvalue weighted by atomic mass is 16.5. The Morgan fingerprint density at radius 2 is 1.95 bits per heavy atom. The van der Waals surface area contributed by atoms with Crippen LogP contribution in [0.3, 0.4) is 0 Å². The Balaban J connectivity index is 1.96. The molecule has 0 saturated heterocycles. The number of fused-ring (bicyclic) bond motifs is 3. The maximum absolute atomic E-state index is 5.25. The zero-order valence-corrected chi connectivity index (χ0v) is 11.4. The van der Waals surface area contributed by atoms with Crippen molar-refractivity contribution in [1.82, 2.24) is 19.6 Å². The molecule has 4 rings (SSSR count). The fourth-order valence-corrected chi connectivity index (χ4v) is 2.36. The Morgan fingerprint density at radius 3 is 2.86 bits per heavy atom. The molecule has 0 aliphatic carbocycles. The number of hydrogen-bond donors (Lipinski definition) is 0. The van der Waals surface area contributed by atoms with Crippen LogP contribution in [0.4, 0.5) is 0 Å². The molecule has 102 valence electrons. The molecule has 0 aliphatic heterocycles. The van der Waals surface area contributed by atoms with E-state index in [-0.39, 0.29) is 0 Å². The molecule has 0 radical (unpaired) electrons. The first-order valence-electron chi connectivity index (χ1n) is 6.60. The van der Waals surface area contributed by atoms with E-state index in [1.165, 1.54) is 0 Å². The van der Waals surface area contributed by atoms with Gasteiger partial charge in [0.25, 0.3) is 0 Å². The minimum absolute atomic E-state index is 0.659. The van der Waals surface area contributed by atoms with E-state index in [9.17, 15) is 0 Å². The van der Waals surface area contributed by atoms with Gasteiger partial charge in [-0.25, -0.2) is 14.5 Å². The molecular formula is C16H12N4O. The van der Waals surface area contributed by atoms with Crippen molar-refractivity contribution >= 4 is 16.6 Å². The summed E-state index contributed by atoms with van der Waals surface area (Å²) in [5.74, 6) is 1.45. The number of ether oxygens (including phenoxy) is 1. The molecule has 0 saturated carbocycles. The first kappa shape index (κ1) is 11.8. The molecule has 2 aromatic carbocycles. The summed E-state index contributed by atoms with van der Waals surface area (Å²) in [6, 6.07) is 15.6. The van der Waals surface area contributed by atoms with E-state index < -0.39 is 0 Å². The quantitative estimate of drug-likeness (QED) is 0.565. The van der Waals surface area contributed by atoms with Gasteiger partial charge in [-0.15, -0.1) is 5.10 Å². The molecule has 5 nitrogen and oxygen atoms in total. The van der Waals surface area contributed by atoms with Crippen molar-refractivity contribution in [2.24, 2.45) is 0 Å². The Morgan fingerprint density at radius 1 is 1.05 bits per heavy atom. The number of aromatic nitrogens is 4. The number of para-hydroxylation sites is 1. The highest BCUT2D eigenvalue weighted by Gasteiger charge is 2.10. The van der Waals surface area contributed by atoms with Gasteiger partial charge in [-0.3, -0.25) is 0 Å². The second-order valence-corrected chi connectivity index (χ2v) is 4.70. The lowest BCUT2D eigenvalue weighted by atomic mass is 10.2. The van der Waals surface area contributed by atoms with Crippen molar-refractivity contribution in [1.29, 1.82) is 0 Å². The van der Waals surface area contributed by atoms with Gasteiger partial charge in [-0.1, -0.05) is 24.3 Å². The summed E-state index contributed by atoms with van der Waals surface area (Å²) < 4.78 is 6.95. The van der Waals surface area contributed by atoms with Gasteiger partial charge in [0.2, 0.25) is 0 Å². The SMILES string of the molecule is COc1cccc(-c2nc3c4ccccc4ncn3n2)c1. The standard InChI is InChI=1S/C16H12N4O/c1-21-12-6-4-5-11(9-12)15-18-16-13-7-2-3-8-14(13)17-10-20(16)19-15/h2-10H,1H3. The number of hydrogen-bond acceptors (Lipinski definition) is 4. The van der Waals surface area contributed by atoms with Crippen LogP contribution in [0.1, 0.15) is 0 Å². The zero-order chi connectivity index (χ0) is 14.2. The number of nitrogens with zero attached hydrogens (tertiary/aromatic N) is 4. The second kappa shape index (κ2) is 4.56. The molecule has 0 amide bonds. The fraction of sp³-hybridized carbons (Fsp3) is 0.0625. The van der Waals surface area contributed by atoms with E-state index in [0.29, 0.717) is 5.82 Å². The zero-order valence-electron chi connectivity index (χ0n) is 11.4. The first-order valence-corrected chi connectivity index (χ1v) is 6.60. The number of methoxy groups -OCH3 is 1. The maximum atomic E-state index is 5.25. The third kappa shape index (κ3) is 1.90. The molecule has 4 aromatic rings. The third-order valence-electron chi connectivity index (χ3n) is 3.41. The molecule has 0 aliphatic rings. The lowest BCUT2D eigenvalue weighted by molar-refractivity contribution is 0.415. The summed E-state index contributed by atoms with van der Waals surface area (Å²) in [5.41, 5.74) is 2.63. The van der Waals surface area contributed by atoms with Crippen molar-refractivity contribution in [3.8, 4) is 17.1 Å². The first-order chi connectivity index (χ1) is 10.3. The second-order valence-electron chi connectivity index (χ2n) is 4.70. The van der Waals surface area contributed by atoms with Crippen molar-refractivity contribution in [2.45, 2.75) is 0 Å². The van der Waals surface area contributed by atoms with Crippen LogP contribution in [-0.2, 0) is 0 Å². The van der Waals surface area contributed by atoms with Gasteiger partial charge in [-0.2, -0.15) is 0 Å². The highest BCUT2D eigenvalue weighted by Crippen LogP contribution is 2.23. The van der Waals surface area contributed by atoms with E-state index in [0.717, 1.165) is 27.9 Å². The average Bonchev–Trinajstić information content (AvgIpc) is 2.99. The molecule has 2 aromatic heterocycles. The Labute approximate surface area is 120 Å². The molecule has 0 fully saturated rings. The molecule has 21 heavy (non-hydrogen) atoms. The van der Waals surface area contributed by atoms with Crippen molar-refractivity contribution in [2.75, 3.05) is 7.11 Å². The molecular weight excluding hydrogens is 264 g/mol. The van der Waals surface area contributed by atoms with Crippen molar-refractivity contribution < 1.29 is 4.74 Å². The lowest BCUT2D eigenvalue weighted by Gasteiger charge is -2.00. The molecule has 2 heterocycles. The minimum atomic E-state index is 0.659. The maximum Gasteiger partial charge on any atom is 0.182 e. The van der Waals surface area contributed by atoms with Crippen LogP contribution < -0.4 is 4.74 Å². The molecule has 0 bridgehead atoms. The van der Waals surface area contributed by atoms with Crippen LogP contribution in [0, 0.1) is 0 Å². The van der Waals surface area contributed by atoms with Gasteiger partial charge in [0.1, 0.15) is 12.1 Å². The van der Waals surface area contributed by atoms with E-state index in [4.69, 9.17) is 4.74 Å². The van der Waals surface area contributed by atoms with Crippen LogP contribution in [0.5, 0.6) is 5.75 Å². The number of benzene rings is 2. The summed E-state index contributed by atoms with van der Waals surface area (Å²) in [4.78, 5) is 9.03. The molecule has 0 N–H and O–H groups in total. The fourth-order valence-electron chi connectivity index (χ4n) is 2.36. The summed E-state index contributed by atoms with van der Waals surface area (Å²) in [7, 11) is 1.65. The van der Waals surface area contributed by atoms with E-state index in [2.05, 4.69) is 15.1 Å². The largest absolute Gasteiger partial charge is 0.497 e. The van der Waals surface area contributed by atoms with Gasteiger partial charge in [-0.05, 0) is 24.3 Å². The predicted molar refractivity (Wildman–Crippen MR) is 80.3 cm³/mol. The monoisotopic (exact) mass is 276 g/mol. The number of rotatable bonds is 2. The van der Waals surface area contributed by atoms with Gasteiger partial charge >= 0.3 is 0 Å². The minimum Gasteiger partial charge on any atom is -0.497 e. The molecule has 0 atom stereocenters. The summed E-state index contributed by atoms with van der Waals surface area (Å²) >= 11 is 0. The van der Waals surface area contributed by atoms with Crippen LogP contribution in [0.15, 0.2) is 54.9 Å². The van der Waals surface area contributed by atoms with Gasteiger partial charge in [0.15, 0.2) is 11.5 Å². The van der Waals surface area contributed by atoms with E-state index >= 15 is 0 Å². The van der Waals surface area contributed by atoms with Crippen molar-refractivity contribution in [3.63, 3.8) is 0 Å². The van der Waals surface area contributed by atoms with Gasteiger partial charge in [0, 0.05) is 10.9 Å².